The largest absolute Gasteiger partial charge is 0.482 e. The first-order valence-electron chi connectivity index (χ1n) is 8.74. The van der Waals surface area contributed by atoms with Gasteiger partial charge in [0.05, 0.1) is 0 Å². The van der Waals surface area contributed by atoms with Crippen LogP contribution in [0.15, 0.2) is 45.6 Å². The van der Waals surface area contributed by atoms with Gasteiger partial charge in [-0.2, -0.15) is 0 Å². The highest BCUT2D eigenvalue weighted by Crippen LogP contribution is 2.23. The van der Waals surface area contributed by atoms with Crippen LogP contribution in [-0.4, -0.2) is 12.6 Å². The van der Waals surface area contributed by atoms with Crippen LogP contribution in [-0.2, 0) is 16.1 Å². The highest BCUT2D eigenvalue weighted by molar-refractivity contribution is 5.82. The maximum absolute atomic E-state index is 12.1. The van der Waals surface area contributed by atoms with Gasteiger partial charge in [0, 0.05) is 17.0 Å². The summed E-state index contributed by atoms with van der Waals surface area (Å²) in [6, 6.07) is 10.8. The second kappa shape index (κ2) is 7.66. The quantitative estimate of drug-likeness (QED) is 0.501. The van der Waals surface area contributed by atoms with Crippen LogP contribution in [0.5, 0.6) is 5.75 Å². The van der Waals surface area contributed by atoms with Crippen molar-refractivity contribution >= 4 is 16.9 Å². The maximum atomic E-state index is 12.1. The number of ether oxygens (including phenoxy) is 2. The fourth-order valence-corrected chi connectivity index (χ4v) is 2.82. The first-order valence-corrected chi connectivity index (χ1v) is 8.74. The predicted octanol–water partition coefficient (Wildman–Crippen LogP) is 4.15. The molecule has 2 aromatic carbocycles. The Labute approximate surface area is 157 Å². The number of hydrogen-bond donors (Lipinski definition) is 0. The van der Waals surface area contributed by atoms with E-state index in [4.69, 9.17) is 13.9 Å². The van der Waals surface area contributed by atoms with E-state index in [9.17, 15) is 9.59 Å². The van der Waals surface area contributed by atoms with E-state index in [-0.39, 0.29) is 13.2 Å². The minimum absolute atomic E-state index is 0.0143. The lowest BCUT2D eigenvalue weighted by molar-refractivity contribution is -0.147. The molecule has 0 saturated carbocycles. The lowest BCUT2D eigenvalue weighted by atomic mass is 10.0. The van der Waals surface area contributed by atoms with Crippen LogP contribution in [0.3, 0.4) is 0 Å². The molecule has 27 heavy (non-hydrogen) atoms. The lowest BCUT2D eigenvalue weighted by Gasteiger charge is -2.11. The molecule has 1 aromatic heterocycles. The average Bonchev–Trinajstić information content (AvgIpc) is 2.62. The summed E-state index contributed by atoms with van der Waals surface area (Å²) in [5, 5.41) is 0.765. The molecule has 0 bridgehead atoms. The first-order chi connectivity index (χ1) is 12.8. The molecule has 5 nitrogen and oxygen atoms in total. The summed E-state index contributed by atoms with van der Waals surface area (Å²) in [5.74, 6) is 0.157. The number of aryl methyl sites for hydroxylation is 3. The second-order valence-electron chi connectivity index (χ2n) is 6.67. The van der Waals surface area contributed by atoms with Gasteiger partial charge < -0.3 is 13.9 Å². The maximum Gasteiger partial charge on any atom is 0.344 e. The van der Waals surface area contributed by atoms with Crippen LogP contribution in [0.2, 0.25) is 0 Å². The summed E-state index contributed by atoms with van der Waals surface area (Å²) in [5.41, 5.74) is 4.82. The summed E-state index contributed by atoms with van der Waals surface area (Å²) in [7, 11) is 0. The number of hydrogen-bond acceptors (Lipinski definition) is 5. The van der Waals surface area contributed by atoms with Gasteiger partial charge in [-0.1, -0.05) is 12.1 Å². The molecule has 0 spiro atoms. The predicted molar refractivity (Wildman–Crippen MR) is 103 cm³/mol. The third-order valence-electron chi connectivity index (χ3n) is 4.73. The molecule has 0 amide bonds. The Morgan fingerprint density at radius 3 is 2.52 bits per heavy atom. The molecule has 0 N–H and O–H groups in total. The van der Waals surface area contributed by atoms with Crippen LogP contribution in [0.4, 0.5) is 0 Å². The Hall–Kier alpha value is -3.08. The summed E-state index contributed by atoms with van der Waals surface area (Å²) in [6.07, 6.45) is 0. The van der Waals surface area contributed by atoms with E-state index < -0.39 is 11.6 Å². The Morgan fingerprint density at radius 1 is 1.00 bits per heavy atom. The van der Waals surface area contributed by atoms with Gasteiger partial charge in [-0.05, 0) is 68.1 Å². The number of rotatable bonds is 5. The van der Waals surface area contributed by atoms with Crippen molar-refractivity contribution in [3.63, 3.8) is 0 Å². The number of fused-ring (bicyclic) bond motifs is 1. The van der Waals surface area contributed by atoms with Crippen LogP contribution >= 0.6 is 0 Å². The number of esters is 1. The van der Waals surface area contributed by atoms with Crippen LogP contribution in [0, 0.1) is 27.7 Å². The van der Waals surface area contributed by atoms with Crippen molar-refractivity contribution in [1.82, 2.24) is 0 Å². The van der Waals surface area contributed by atoms with Gasteiger partial charge in [-0.25, -0.2) is 9.59 Å². The van der Waals surface area contributed by atoms with Crippen LogP contribution < -0.4 is 10.4 Å². The average molecular weight is 366 g/mol. The van der Waals surface area contributed by atoms with Crippen LogP contribution in [0.1, 0.15) is 27.8 Å². The molecule has 0 aliphatic rings. The van der Waals surface area contributed by atoms with Gasteiger partial charge in [-0.15, -0.1) is 0 Å². The first kappa shape index (κ1) is 18.7. The monoisotopic (exact) mass is 366 g/mol. The zero-order valence-corrected chi connectivity index (χ0v) is 15.9. The summed E-state index contributed by atoms with van der Waals surface area (Å²) >= 11 is 0. The summed E-state index contributed by atoms with van der Waals surface area (Å²) in [6.45, 7) is 7.65. The van der Waals surface area contributed by atoms with Crippen molar-refractivity contribution in [2.45, 2.75) is 34.3 Å². The summed E-state index contributed by atoms with van der Waals surface area (Å²) in [4.78, 5) is 23.9. The van der Waals surface area contributed by atoms with Crippen molar-refractivity contribution in [3.8, 4) is 5.75 Å². The molecule has 0 unspecified atom stereocenters. The van der Waals surface area contributed by atoms with Gasteiger partial charge in [-0.3, -0.25) is 0 Å². The molecule has 3 aromatic rings. The molecule has 0 fully saturated rings. The number of carbonyl (C=O) groups excluding carboxylic acids is 1. The molecular weight excluding hydrogens is 344 g/mol. The SMILES string of the molecule is Cc1cc2oc(=O)cc(COC(=O)COc3cccc(C)c3C)c2cc1C. The molecule has 0 aliphatic carbocycles. The van der Waals surface area contributed by atoms with Gasteiger partial charge in [0.25, 0.3) is 0 Å². The molecule has 0 saturated heterocycles. The number of benzene rings is 2. The van der Waals surface area contributed by atoms with E-state index in [0.717, 1.165) is 27.6 Å². The lowest BCUT2D eigenvalue weighted by Crippen LogP contribution is -2.16. The highest BCUT2D eigenvalue weighted by Gasteiger charge is 2.12. The molecule has 1 heterocycles. The van der Waals surface area contributed by atoms with Crippen LogP contribution in [0.25, 0.3) is 11.0 Å². The third-order valence-corrected chi connectivity index (χ3v) is 4.73. The van der Waals surface area contributed by atoms with E-state index in [0.29, 0.717) is 16.9 Å². The topological polar surface area (TPSA) is 65.7 Å². The highest BCUT2D eigenvalue weighted by atomic mass is 16.6. The zero-order valence-electron chi connectivity index (χ0n) is 15.9. The number of carbonyl (C=O) groups is 1. The molecule has 0 atom stereocenters. The Bertz CT molecular complexity index is 1060. The van der Waals surface area contributed by atoms with Crippen molar-refractivity contribution in [2.75, 3.05) is 6.61 Å². The molecule has 0 aliphatic heterocycles. The Morgan fingerprint density at radius 2 is 1.74 bits per heavy atom. The Balaban J connectivity index is 1.71. The standard InChI is InChI=1S/C22H22O5/c1-13-6-5-7-19(16(13)4)25-12-22(24)26-11-17-10-21(23)27-20-9-15(3)14(2)8-18(17)20/h5-10H,11-12H2,1-4H3. The van der Waals surface area contributed by atoms with E-state index in [1.165, 1.54) is 6.07 Å². The van der Waals surface area contributed by atoms with E-state index in [1.54, 1.807) is 0 Å². The van der Waals surface area contributed by atoms with Crippen molar-refractivity contribution in [1.29, 1.82) is 0 Å². The van der Waals surface area contributed by atoms with Crippen molar-refractivity contribution < 1.29 is 18.7 Å². The van der Waals surface area contributed by atoms with Gasteiger partial charge in [0.2, 0.25) is 0 Å². The molecule has 140 valence electrons. The van der Waals surface area contributed by atoms with Crippen molar-refractivity contribution in [2.24, 2.45) is 0 Å². The van der Waals surface area contributed by atoms with E-state index in [1.807, 2.05) is 58.0 Å². The molecule has 3 rings (SSSR count). The minimum Gasteiger partial charge on any atom is -0.482 e. The molecule has 0 radical (unpaired) electrons. The second-order valence-corrected chi connectivity index (χ2v) is 6.67. The zero-order chi connectivity index (χ0) is 19.6. The van der Waals surface area contributed by atoms with Crippen molar-refractivity contribution in [3.05, 3.63) is 74.6 Å². The Kier molecular flexibility index (Phi) is 5.31. The third kappa shape index (κ3) is 4.19. The minimum atomic E-state index is -0.499. The van der Waals surface area contributed by atoms with E-state index >= 15 is 0 Å². The molecular formula is C22H22O5. The fourth-order valence-electron chi connectivity index (χ4n) is 2.82. The van der Waals surface area contributed by atoms with Gasteiger partial charge >= 0.3 is 11.6 Å². The molecule has 5 heteroatoms. The van der Waals surface area contributed by atoms with Gasteiger partial charge in [0.15, 0.2) is 6.61 Å². The van der Waals surface area contributed by atoms with Gasteiger partial charge in [0.1, 0.15) is 17.9 Å². The summed E-state index contributed by atoms with van der Waals surface area (Å²) < 4.78 is 16.1. The normalized spacial score (nSPS) is 10.8. The fraction of sp³-hybridized carbons (Fsp3) is 0.273. The smallest absolute Gasteiger partial charge is 0.344 e. The van der Waals surface area contributed by atoms with E-state index in [2.05, 4.69) is 0 Å².